The maximum absolute atomic E-state index is 13.0. The zero-order chi connectivity index (χ0) is 19.6. The van der Waals surface area contributed by atoms with E-state index in [1.165, 1.54) is 6.07 Å². The molecular weight excluding hydrogens is 409 g/mol. The van der Waals surface area contributed by atoms with Crippen molar-refractivity contribution >= 4 is 33.0 Å². The van der Waals surface area contributed by atoms with Gasteiger partial charge in [0.1, 0.15) is 5.75 Å². The van der Waals surface area contributed by atoms with Crippen molar-refractivity contribution in [3.05, 3.63) is 58.1 Å². The van der Waals surface area contributed by atoms with Crippen molar-refractivity contribution in [3.8, 4) is 17.1 Å². The van der Waals surface area contributed by atoms with Gasteiger partial charge in [0.05, 0.1) is 18.4 Å². The van der Waals surface area contributed by atoms with Crippen LogP contribution in [-0.2, 0) is 22.1 Å². The molecule has 142 valence electrons. The number of para-hydroxylation sites is 1. The molecule has 2 aromatic carbocycles. The van der Waals surface area contributed by atoms with Crippen LogP contribution in [0.4, 0.5) is 0 Å². The number of hydrogen-bond donors (Lipinski definition) is 0. The monoisotopic (exact) mass is 425 g/mol. The van der Waals surface area contributed by atoms with E-state index in [-0.39, 0.29) is 10.9 Å². The Labute approximate surface area is 167 Å². The highest BCUT2D eigenvalue weighted by atomic mass is 35.5. The summed E-state index contributed by atoms with van der Waals surface area (Å²) in [5.74, 6) is 0.715. The number of sulfone groups is 1. The molecule has 9 heteroatoms. The molecule has 0 unspecified atom stereocenters. The Morgan fingerprint density at radius 3 is 2.52 bits per heavy atom. The molecule has 0 aliphatic rings. The average molecular weight is 426 g/mol. The van der Waals surface area contributed by atoms with Crippen molar-refractivity contribution in [3.63, 3.8) is 0 Å². The van der Waals surface area contributed by atoms with Gasteiger partial charge in [-0.3, -0.25) is 4.57 Å². The molecule has 0 bridgehead atoms. The molecule has 6 nitrogen and oxygen atoms in total. The third-order valence-corrected chi connectivity index (χ3v) is 6.16. The number of halogens is 2. The van der Waals surface area contributed by atoms with Crippen LogP contribution in [0, 0.1) is 0 Å². The van der Waals surface area contributed by atoms with Crippen LogP contribution in [0.1, 0.15) is 12.5 Å². The Morgan fingerprint density at radius 1 is 1.11 bits per heavy atom. The molecule has 0 aliphatic heterocycles. The lowest BCUT2D eigenvalue weighted by Gasteiger charge is -2.11. The number of rotatable bonds is 6. The van der Waals surface area contributed by atoms with Gasteiger partial charge in [0.2, 0.25) is 15.0 Å². The van der Waals surface area contributed by atoms with Crippen molar-refractivity contribution in [2.45, 2.75) is 24.4 Å². The Kier molecular flexibility index (Phi) is 5.74. The van der Waals surface area contributed by atoms with E-state index in [0.717, 1.165) is 0 Å². The standard InChI is InChI=1S/C18H17Cl2N3O3S/c1-3-23-17(14-6-4-5-7-16(14)26-2)21-22-18(23)27(24,25)11-12-8-9-13(19)10-15(12)20/h4-10H,3,11H2,1-2H3. The Balaban J connectivity index is 2.05. The first-order valence-electron chi connectivity index (χ1n) is 8.10. The lowest BCUT2D eigenvalue weighted by atomic mass is 10.2. The minimum absolute atomic E-state index is 0.114. The second-order valence-electron chi connectivity index (χ2n) is 5.75. The normalized spacial score (nSPS) is 11.6. The van der Waals surface area contributed by atoms with Gasteiger partial charge in [-0.25, -0.2) is 8.42 Å². The highest BCUT2D eigenvalue weighted by molar-refractivity contribution is 7.90. The summed E-state index contributed by atoms with van der Waals surface area (Å²) in [6, 6.07) is 12.0. The van der Waals surface area contributed by atoms with E-state index in [9.17, 15) is 8.42 Å². The molecule has 0 aliphatic carbocycles. The number of ether oxygens (including phenoxy) is 1. The summed E-state index contributed by atoms with van der Waals surface area (Å²) in [4.78, 5) is 0. The number of aromatic nitrogens is 3. The van der Waals surface area contributed by atoms with Crippen LogP contribution in [0.3, 0.4) is 0 Å². The third-order valence-electron chi connectivity index (χ3n) is 4.02. The lowest BCUT2D eigenvalue weighted by molar-refractivity contribution is 0.415. The van der Waals surface area contributed by atoms with Crippen molar-refractivity contribution < 1.29 is 13.2 Å². The topological polar surface area (TPSA) is 74.1 Å². The summed E-state index contributed by atoms with van der Waals surface area (Å²) >= 11 is 12.0. The summed E-state index contributed by atoms with van der Waals surface area (Å²) < 4.78 is 32.9. The number of benzene rings is 2. The van der Waals surface area contributed by atoms with Crippen LogP contribution >= 0.6 is 23.2 Å². The van der Waals surface area contributed by atoms with E-state index in [0.29, 0.717) is 39.3 Å². The number of nitrogens with zero attached hydrogens (tertiary/aromatic N) is 3. The van der Waals surface area contributed by atoms with E-state index >= 15 is 0 Å². The molecule has 3 aromatic rings. The molecule has 3 rings (SSSR count). The van der Waals surface area contributed by atoms with Crippen LogP contribution in [-0.4, -0.2) is 30.3 Å². The average Bonchev–Trinajstić information content (AvgIpc) is 3.09. The summed E-state index contributed by atoms with van der Waals surface area (Å²) in [6.45, 7) is 2.21. The predicted octanol–water partition coefficient (Wildman–Crippen LogP) is 4.25. The molecule has 0 saturated heterocycles. The van der Waals surface area contributed by atoms with E-state index in [1.807, 2.05) is 25.1 Å². The van der Waals surface area contributed by atoms with E-state index in [2.05, 4.69) is 10.2 Å². The van der Waals surface area contributed by atoms with Crippen LogP contribution in [0.2, 0.25) is 10.0 Å². The van der Waals surface area contributed by atoms with Crippen LogP contribution in [0.5, 0.6) is 5.75 Å². The van der Waals surface area contributed by atoms with Crippen molar-refractivity contribution in [2.24, 2.45) is 0 Å². The first-order valence-corrected chi connectivity index (χ1v) is 10.5. The SMILES string of the molecule is CCn1c(-c2ccccc2OC)nnc1S(=O)(=O)Cc1ccc(Cl)cc1Cl. The molecule has 0 atom stereocenters. The van der Waals surface area contributed by atoms with Gasteiger partial charge in [0, 0.05) is 16.6 Å². The zero-order valence-electron chi connectivity index (χ0n) is 14.7. The summed E-state index contributed by atoms with van der Waals surface area (Å²) in [7, 11) is -2.23. The van der Waals surface area contributed by atoms with Crippen molar-refractivity contribution in [1.29, 1.82) is 0 Å². The van der Waals surface area contributed by atoms with Gasteiger partial charge < -0.3 is 4.74 Å². The van der Waals surface area contributed by atoms with Gasteiger partial charge in [-0.2, -0.15) is 0 Å². The fourth-order valence-electron chi connectivity index (χ4n) is 2.74. The first-order chi connectivity index (χ1) is 12.9. The minimum Gasteiger partial charge on any atom is -0.496 e. The molecular formula is C18H17Cl2N3O3S. The Hall–Kier alpha value is -2.09. The highest BCUT2D eigenvalue weighted by Crippen LogP contribution is 2.31. The molecule has 0 N–H and O–H groups in total. The molecule has 1 heterocycles. The molecule has 27 heavy (non-hydrogen) atoms. The third kappa shape index (κ3) is 3.95. The smallest absolute Gasteiger partial charge is 0.250 e. The highest BCUT2D eigenvalue weighted by Gasteiger charge is 2.27. The van der Waals surface area contributed by atoms with Gasteiger partial charge in [0.15, 0.2) is 5.82 Å². The van der Waals surface area contributed by atoms with Crippen molar-refractivity contribution in [2.75, 3.05) is 7.11 Å². The fraction of sp³-hybridized carbons (Fsp3) is 0.222. The summed E-state index contributed by atoms with van der Waals surface area (Å²) in [6.07, 6.45) is 0. The van der Waals surface area contributed by atoms with E-state index in [1.54, 1.807) is 29.9 Å². The van der Waals surface area contributed by atoms with E-state index in [4.69, 9.17) is 27.9 Å². The van der Waals surface area contributed by atoms with Gasteiger partial charge in [-0.15, -0.1) is 10.2 Å². The summed E-state index contributed by atoms with van der Waals surface area (Å²) in [5, 5.41) is 8.68. The second kappa shape index (κ2) is 7.88. The van der Waals surface area contributed by atoms with E-state index < -0.39 is 9.84 Å². The number of hydrogen-bond acceptors (Lipinski definition) is 5. The van der Waals surface area contributed by atoms with Crippen LogP contribution in [0.25, 0.3) is 11.4 Å². The second-order valence-corrected chi connectivity index (χ2v) is 8.47. The van der Waals surface area contributed by atoms with Crippen molar-refractivity contribution in [1.82, 2.24) is 14.8 Å². The fourth-order valence-corrected chi connectivity index (χ4v) is 4.80. The maximum atomic E-state index is 13.0. The Morgan fingerprint density at radius 2 is 1.85 bits per heavy atom. The summed E-state index contributed by atoms with van der Waals surface area (Å²) in [5.41, 5.74) is 1.12. The van der Waals surface area contributed by atoms with Gasteiger partial charge >= 0.3 is 0 Å². The molecule has 0 amide bonds. The van der Waals surface area contributed by atoms with Gasteiger partial charge in [-0.1, -0.05) is 41.4 Å². The Bertz CT molecular complexity index is 1080. The largest absolute Gasteiger partial charge is 0.496 e. The van der Waals surface area contributed by atoms with Gasteiger partial charge in [0.25, 0.3) is 0 Å². The maximum Gasteiger partial charge on any atom is 0.250 e. The molecule has 0 fully saturated rings. The van der Waals surface area contributed by atoms with Crippen LogP contribution in [0.15, 0.2) is 47.6 Å². The van der Waals surface area contributed by atoms with Crippen LogP contribution < -0.4 is 4.74 Å². The quantitative estimate of drug-likeness (QED) is 0.589. The molecule has 0 spiro atoms. The minimum atomic E-state index is -3.78. The first kappa shape index (κ1) is 19.7. The molecule has 0 saturated carbocycles. The number of methoxy groups -OCH3 is 1. The predicted molar refractivity (Wildman–Crippen MR) is 105 cm³/mol. The van der Waals surface area contributed by atoms with Gasteiger partial charge in [-0.05, 0) is 36.8 Å². The molecule has 1 aromatic heterocycles. The molecule has 0 radical (unpaired) electrons. The lowest BCUT2D eigenvalue weighted by Crippen LogP contribution is -2.13. The zero-order valence-corrected chi connectivity index (χ0v) is 17.0.